The van der Waals surface area contributed by atoms with Crippen molar-refractivity contribution in [2.75, 3.05) is 7.05 Å². The molecule has 0 radical (unpaired) electrons. The standard InChI is InChI=1S/C36H23F3N4O2/c1-40-35(45)22-8-6-21(7-9-22)28-13-12-27(18-30(28)36(37,38)39)43-33(44)15-11-25-19-42-32-14-10-23(17-29(32)34(25)43)26-16-24-4-2-3-5-31(24)41-20-26/h2-20H,1H3,(H,40,45). The fourth-order valence-corrected chi connectivity index (χ4v) is 5.68. The minimum absolute atomic E-state index is 0.0638. The first-order valence-electron chi connectivity index (χ1n) is 14.0. The van der Waals surface area contributed by atoms with Gasteiger partial charge in [-0.05, 0) is 71.3 Å². The summed E-state index contributed by atoms with van der Waals surface area (Å²) in [5, 5.41) is 4.66. The Morgan fingerprint density at radius 1 is 0.733 bits per heavy atom. The molecule has 0 aliphatic carbocycles. The summed E-state index contributed by atoms with van der Waals surface area (Å²) in [5.74, 6) is -0.343. The topological polar surface area (TPSA) is 76.9 Å². The first kappa shape index (κ1) is 28.0. The smallest absolute Gasteiger partial charge is 0.355 e. The van der Waals surface area contributed by atoms with E-state index in [1.807, 2.05) is 48.5 Å². The number of alkyl halides is 3. The Morgan fingerprint density at radius 2 is 1.49 bits per heavy atom. The van der Waals surface area contributed by atoms with Crippen LogP contribution >= 0.6 is 0 Å². The first-order valence-corrected chi connectivity index (χ1v) is 14.0. The molecule has 1 amide bonds. The van der Waals surface area contributed by atoms with E-state index >= 15 is 0 Å². The lowest BCUT2D eigenvalue weighted by atomic mass is 9.97. The van der Waals surface area contributed by atoms with E-state index in [1.54, 1.807) is 18.5 Å². The number of hydrogen-bond acceptors (Lipinski definition) is 4. The van der Waals surface area contributed by atoms with Gasteiger partial charge in [0.05, 0.1) is 22.1 Å². The van der Waals surface area contributed by atoms with Crippen LogP contribution in [0.4, 0.5) is 13.2 Å². The number of aromatic nitrogens is 3. The van der Waals surface area contributed by atoms with Crippen molar-refractivity contribution in [2.24, 2.45) is 0 Å². The summed E-state index contributed by atoms with van der Waals surface area (Å²) in [7, 11) is 1.48. The Balaban J connectivity index is 1.43. The van der Waals surface area contributed by atoms with Crippen LogP contribution in [0.15, 0.2) is 120 Å². The lowest BCUT2D eigenvalue weighted by Gasteiger charge is -2.18. The number of carbonyl (C=O) groups is 1. The Labute approximate surface area is 254 Å². The molecule has 45 heavy (non-hydrogen) atoms. The van der Waals surface area contributed by atoms with Gasteiger partial charge in [-0.15, -0.1) is 0 Å². The third kappa shape index (κ3) is 4.98. The van der Waals surface area contributed by atoms with E-state index in [1.165, 1.54) is 54.1 Å². The van der Waals surface area contributed by atoms with Crippen LogP contribution in [0, 0.1) is 0 Å². The molecular weight excluding hydrogens is 577 g/mol. The molecule has 0 fully saturated rings. The molecule has 9 heteroatoms. The molecule has 7 aromatic rings. The van der Waals surface area contributed by atoms with Gasteiger partial charge >= 0.3 is 6.18 Å². The van der Waals surface area contributed by atoms with Crippen LogP contribution in [0.5, 0.6) is 0 Å². The average Bonchev–Trinajstić information content (AvgIpc) is 3.06. The highest BCUT2D eigenvalue weighted by Crippen LogP contribution is 2.39. The van der Waals surface area contributed by atoms with Gasteiger partial charge in [-0.1, -0.05) is 42.5 Å². The fraction of sp³-hybridized carbons (Fsp3) is 0.0556. The number of hydrogen-bond donors (Lipinski definition) is 1. The molecule has 4 aromatic carbocycles. The number of carbonyl (C=O) groups excluding carboxylic acids is 1. The van der Waals surface area contributed by atoms with Gasteiger partial charge in [-0.25, -0.2) is 0 Å². The number of benzene rings is 4. The van der Waals surface area contributed by atoms with Gasteiger partial charge in [-0.2, -0.15) is 13.2 Å². The molecule has 3 aromatic heterocycles. The molecule has 0 saturated carbocycles. The predicted octanol–water partition coefficient (Wildman–Crippen LogP) is 7.80. The zero-order chi connectivity index (χ0) is 31.3. The Bertz CT molecular complexity index is 2350. The van der Waals surface area contributed by atoms with Gasteiger partial charge in [0.1, 0.15) is 0 Å². The second-order valence-electron chi connectivity index (χ2n) is 10.6. The summed E-state index contributed by atoms with van der Waals surface area (Å²) in [6, 6.07) is 28.1. The molecular formula is C36H23F3N4O2. The van der Waals surface area contributed by atoms with Crippen molar-refractivity contribution in [3.05, 3.63) is 137 Å². The van der Waals surface area contributed by atoms with E-state index in [2.05, 4.69) is 15.3 Å². The van der Waals surface area contributed by atoms with Crippen molar-refractivity contribution in [1.29, 1.82) is 0 Å². The molecule has 6 nitrogen and oxygen atoms in total. The van der Waals surface area contributed by atoms with Gasteiger partial charge in [0.2, 0.25) is 0 Å². The molecule has 220 valence electrons. The summed E-state index contributed by atoms with van der Waals surface area (Å²) in [6.07, 6.45) is -1.35. The minimum Gasteiger partial charge on any atom is -0.355 e. The predicted molar refractivity (Wildman–Crippen MR) is 169 cm³/mol. The Kier molecular flexibility index (Phi) is 6.66. The van der Waals surface area contributed by atoms with Crippen LogP contribution in [0.1, 0.15) is 15.9 Å². The molecule has 0 unspecified atom stereocenters. The van der Waals surface area contributed by atoms with Gasteiger partial charge < -0.3 is 5.32 Å². The number of fused-ring (bicyclic) bond motifs is 4. The molecule has 0 atom stereocenters. The zero-order valence-electron chi connectivity index (χ0n) is 23.8. The quantitative estimate of drug-likeness (QED) is 0.209. The summed E-state index contributed by atoms with van der Waals surface area (Å²) in [6.45, 7) is 0. The highest BCUT2D eigenvalue weighted by Gasteiger charge is 2.34. The number of nitrogens with one attached hydrogen (secondary N) is 1. The van der Waals surface area contributed by atoms with E-state index in [0.29, 0.717) is 27.4 Å². The molecule has 3 heterocycles. The largest absolute Gasteiger partial charge is 0.417 e. The van der Waals surface area contributed by atoms with Crippen LogP contribution < -0.4 is 10.9 Å². The number of amides is 1. The van der Waals surface area contributed by atoms with Crippen LogP contribution in [-0.2, 0) is 6.18 Å². The van der Waals surface area contributed by atoms with Crippen molar-refractivity contribution in [1.82, 2.24) is 19.9 Å². The van der Waals surface area contributed by atoms with Gasteiger partial charge in [0.15, 0.2) is 0 Å². The molecule has 7 rings (SSSR count). The van der Waals surface area contributed by atoms with Crippen molar-refractivity contribution >= 4 is 38.6 Å². The van der Waals surface area contributed by atoms with Crippen LogP contribution in [-0.4, -0.2) is 27.5 Å². The van der Waals surface area contributed by atoms with Crippen molar-refractivity contribution < 1.29 is 18.0 Å². The summed E-state index contributed by atoms with van der Waals surface area (Å²) >= 11 is 0. The number of pyridine rings is 3. The van der Waals surface area contributed by atoms with Crippen molar-refractivity contribution in [2.45, 2.75) is 6.18 Å². The SMILES string of the molecule is CNC(=O)c1ccc(-c2ccc(-n3c(=O)ccc4cnc5ccc(-c6cnc7ccccc7c6)cc5c43)cc2C(F)(F)F)cc1. The van der Waals surface area contributed by atoms with E-state index < -0.39 is 17.3 Å². The van der Waals surface area contributed by atoms with Crippen molar-refractivity contribution in [3.8, 4) is 27.9 Å². The van der Waals surface area contributed by atoms with E-state index in [0.717, 1.165) is 28.1 Å². The number of halogens is 3. The summed E-state index contributed by atoms with van der Waals surface area (Å²) < 4.78 is 44.9. The maximum absolute atomic E-state index is 14.5. The number of nitrogens with zero attached hydrogens (tertiary/aromatic N) is 3. The fourth-order valence-electron chi connectivity index (χ4n) is 5.68. The number of rotatable bonds is 4. The van der Waals surface area contributed by atoms with Gasteiger partial charge in [-0.3, -0.25) is 24.1 Å². The molecule has 0 bridgehead atoms. The lowest BCUT2D eigenvalue weighted by Crippen LogP contribution is -2.19. The highest BCUT2D eigenvalue weighted by atomic mass is 19.4. The average molecular weight is 601 g/mol. The molecule has 1 N–H and O–H groups in total. The first-order chi connectivity index (χ1) is 21.7. The van der Waals surface area contributed by atoms with Gasteiger partial charge in [0.25, 0.3) is 11.5 Å². The third-order valence-corrected chi connectivity index (χ3v) is 7.89. The van der Waals surface area contributed by atoms with Crippen LogP contribution in [0.2, 0.25) is 0 Å². The number of para-hydroxylation sites is 1. The van der Waals surface area contributed by atoms with Gasteiger partial charge in [0, 0.05) is 58.5 Å². The maximum atomic E-state index is 14.5. The lowest BCUT2D eigenvalue weighted by molar-refractivity contribution is -0.137. The van der Waals surface area contributed by atoms with E-state index in [-0.39, 0.29) is 22.7 Å². The molecule has 0 aliphatic heterocycles. The summed E-state index contributed by atoms with van der Waals surface area (Å²) in [4.78, 5) is 34.5. The van der Waals surface area contributed by atoms with Crippen LogP contribution in [0.25, 0.3) is 60.6 Å². The Hall–Kier alpha value is -5.83. The maximum Gasteiger partial charge on any atom is 0.417 e. The highest BCUT2D eigenvalue weighted by molar-refractivity contribution is 6.05. The monoisotopic (exact) mass is 600 g/mol. The van der Waals surface area contributed by atoms with E-state index in [4.69, 9.17) is 0 Å². The molecule has 0 spiro atoms. The molecule has 0 aliphatic rings. The zero-order valence-corrected chi connectivity index (χ0v) is 23.8. The minimum atomic E-state index is -4.72. The second kappa shape index (κ2) is 10.7. The third-order valence-electron chi connectivity index (χ3n) is 7.89. The van der Waals surface area contributed by atoms with E-state index in [9.17, 15) is 22.8 Å². The Morgan fingerprint density at radius 3 is 2.27 bits per heavy atom. The molecule has 0 saturated heterocycles. The second-order valence-corrected chi connectivity index (χ2v) is 10.6. The normalized spacial score (nSPS) is 11.7. The summed E-state index contributed by atoms with van der Waals surface area (Å²) in [5.41, 5.74) is 2.78. The van der Waals surface area contributed by atoms with Crippen molar-refractivity contribution in [3.63, 3.8) is 0 Å². The van der Waals surface area contributed by atoms with Crippen LogP contribution in [0.3, 0.4) is 0 Å².